The summed E-state index contributed by atoms with van der Waals surface area (Å²) in [7, 11) is 0. The summed E-state index contributed by atoms with van der Waals surface area (Å²) in [5, 5.41) is 25.1. The number of aliphatic hydroxyl groups is 2. The second kappa shape index (κ2) is 17.8. The summed E-state index contributed by atoms with van der Waals surface area (Å²) in [6.45, 7) is 9.78. The van der Waals surface area contributed by atoms with Crippen LogP contribution in [0.5, 0.6) is 11.5 Å². The van der Waals surface area contributed by atoms with Gasteiger partial charge in [0.25, 0.3) is 0 Å². The third-order valence-electron chi connectivity index (χ3n) is 11.1. The minimum atomic E-state index is -0.930. The molecule has 1 saturated heterocycles. The Hall–Kier alpha value is -2.30. The molecule has 0 spiro atoms. The zero-order valence-corrected chi connectivity index (χ0v) is 30.0. The second-order valence-corrected chi connectivity index (χ2v) is 15.8. The zero-order valence-electron chi connectivity index (χ0n) is 29.1. The Labute approximate surface area is 297 Å². The molecule has 2 aliphatic heterocycles. The molecule has 7 atom stereocenters. The van der Waals surface area contributed by atoms with E-state index in [1.165, 1.54) is 25.7 Å². The van der Waals surface area contributed by atoms with E-state index in [0.29, 0.717) is 31.5 Å². The van der Waals surface area contributed by atoms with Gasteiger partial charge in [0.1, 0.15) is 18.1 Å². The van der Waals surface area contributed by atoms with Crippen LogP contribution in [0.25, 0.3) is 0 Å². The lowest BCUT2D eigenvalue weighted by Crippen LogP contribution is -2.64. The van der Waals surface area contributed by atoms with E-state index in [1.807, 2.05) is 23.9 Å². The van der Waals surface area contributed by atoms with Crippen molar-refractivity contribution in [2.45, 2.75) is 118 Å². The number of hydrogen-bond donors (Lipinski definition) is 2. The predicted octanol–water partition coefficient (Wildman–Crippen LogP) is 8.09. The van der Waals surface area contributed by atoms with Gasteiger partial charge in [-0.05, 0) is 87.0 Å². The standard InChI is InChI=1S/C40H57NO7S/c1-3-22-44-29-18-19-35-33(26-29)38-31(16-8-11-21-43)28(13-7-10-20-42)25-32-34(41-48-37-17-9-12-24-45-37)27-36(49-30-14-5-6-15-30)40(47-35,39(32)38)46-23-4-2/h3-4,18-19,25-26,28,30-31,36-39,42-43H,1-2,5-17,20-24,27H2. The number of ether oxygens (including phenoxy) is 4. The van der Waals surface area contributed by atoms with Crippen LogP contribution in [0, 0.1) is 17.8 Å². The van der Waals surface area contributed by atoms with Crippen LogP contribution in [0.1, 0.15) is 101 Å². The fourth-order valence-corrected chi connectivity index (χ4v) is 10.6. The highest BCUT2D eigenvalue weighted by molar-refractivity contribution is 8.00. The van der Waals surface area contributed by atoms with Crippen LogP contribution in [0.2, 0.25) is 0 Å². The van der Waals surface area contributed by atoms with Gasteiger partial charge in [-0.25, -0.2) is 0 Å². The van der Waals surface area contributed by atoms with Gasteiger partial charge in [0.15, 0.2) is 0 Å². The maximum Gasteiger partial charge on any atom is 0.230 e. The Kier molecular flexibility index (Phi) is 13.2. The molecule has 0 amide bonds. The van der Waals surface area contributed by atoms with Gasteiger partial charge in [-0.3, -0.25) is 0 Å². The van der Waals surface area contributed by atoms with Gasteiger partial charge in [0.05, 0.1) is 30.1 Å². The van der Waals surface area contributed by atoms with Crippen LogP contribution in [-0.2, 0) is 14.3 Å². The van der Waals surface area contributed by atoms with E-state index < -0.39 is 5.79 Å². The molecule has 1 aromatic rings. The molecule has 2 N–H and O–H groups in total. The van der Waals surface area contributed by atoms with Gasteiger partial charge in [-0.2, -0.15) is 0 Å². The van der Waals surface area contributed by atoms with Crippen LogP contribution in [0.15, 0.2) is 60.3 Å². The summed E-state index contributed by atoms with van der Waals surface area (Å²) >= 11 is 2.02. The van der Waals surface area contributed by atoms with E-state index in [1.54, 1.807) is 6.08 Å². The Bertz CT molecular complexity index is 1310. The third kappa shape index (κ3) is 8.27. The Balaban J connectivity index is 1.51. The van der Waals surface area contributed by atoms with Crippen LogP contribution >= 0.6 is 11.8 Å². The minimum absolute atomic E-state index is 0.0105. The first-order valence-electron chi connectivity index (χ1n) is 18.9. The Morgan fingerprint density at radius 3 is 2.47 bits per heavy atom. The van der Waals surface area contributed by atoms with Crippen molar-refractivity contribution in [2.75, 3.05) is 33.0 Å². The van der Waals surface area contributed by atoms with Gasteiger partial charge in [-0.1, -0.05) is 55.6 Å². The summed E-state index contributed by atoms with van der Waals surface area (Å²) in [6, 6.07) is 6.23. The van der Waals surface area contributed by atoms with Crippen molar-refractivity contribution >= 4 is 17.5 Å². The van der Waals surface area contributed by atoms with E-state index in [9.17, 15) is 10.2 Å². The molecule has 0 aromatic heterocycles. The van der Waals surface area contributed by atoms with E-state index in [4.69, 9.17) is 28.9 Å². The predicted molar refractivity (Wildman–Crippen MR) is 195 cm³/mol. The third-order valence-corrected chi connectivity index (χ3v) is 12.7. The number of rotatable bonds is 18. The SMILES string of the molecule is C=CCOc1ccc2c(c1)C1C(CCCCO)C(CCCCO)C=C3C(=NOC4CCCCO4)CC(SC4CCCC4)C(OCC=C)(O2)C31. The van der Waals surface area contributed by atoms with Crippen LogP contribution in [-0.4, -0.2) is 71.5 Å². The molecule has 5 aliphatic rings. The van der Waals surface area contributed by atoms with Gasteiger partial charge in [0, 0.05) is 42.8 Å². The van der Waals surface area contributed by atoms with Crippen molar-refractivity contribution in [3.8, 4) is 11.5 Å². The smallest absolute Gasteiger partial charge is 0.230 e. The molecule has 8 nitrogen and oxygen atoms in total. The molecular weight excluding hydrogens is 639 g/mol. The lowest BCUT2D eigenvalue weighted by atomic mass is 9.56. The summed E-state index contributed by atoms with van der Waals surface area (Å²) in [4.78, 5) is 6.23. The molecule has 3 aliphatic carbocycles. The number of thioether (sulfide) groups is 1. The van der Waals surface area contributed by atoms with E-state index in [2.05, 4.69) is 31.4 Å². The first-order valence-corrected chi connectivity index (χ1v) is 19.8. The number of hydrogen-bond acceptors (Lipinski definition) is 9. The molecule has 49 heavy (non-hydrogen) atoms. The molecule has 6 rings (SSSR count). The molecule has 270 valence electrons. The highest BCUT2D eigenvalue weighted by Gasteiger charge is 2.64. The van der Waals surface area contributed by atoms with Gasteiger partial charge < -0.3 is 34.0 Å². The van der Waals surface area contributed by atoms with E-state index >= 15 is 0 Å². The molecule has 0 radical (unpaired) electrons. The monoisotopic (exact) mass is 695 g/mol. The molecule has 2 heterocycles. The number of aliphatic hydroxyl groups excluding tert-OH is 2. The lowest BCUT2D eigenvalue weighted by Gasteiger charge is -2.58. The van der Waals surface area contributed by atoms with E-state index in [-0.39, 0.29) is 48.4 Å². The minimum Gasteiger partial charge on any atom is -0.490 e. The van der Waals surface area contributed by atoms with Crippen LogP contribution in [0.4, 0.5) is 0 Å². The summed E-state index contributed by atoms with van der Waals surface area (Å²) in [6.07, 6.45) is 19.6. The maximum atomic E-state index is 9.83. The largest absolute Gasteiger partial charge is 0.490 e. The van der Waals surface area contributed by atoms with Gasteiger partial charge in [0.2, 0.25) is 12.1 Å². The normalized spacial score (nSPS) is 31.7. The average Bonchev–Trinajstić information content (AvgIpc) is 3.65. The Morgan fingerprint density at radius 1 is 0.959 bits per heavy atom. The van der Waals surface area contributed by atoms with Crippen molar-refractivity contribution in [2.24, 2.45) is 22.9 Å². The van der Waals surface area contributed by atoms with Gasteiger partial charge in [-0.15, -0.1) is 18.3 Å². The summed E-state index contributed by atoms with van der Waals surface area (Å²) in [5.41, 5.74) is 3.27. The summed E-state index contributed by atoms with van der Waals surface area (Å²) in [5.74, 6) is 1.15. The molecule has 9 heteroatoms. The van der Waals surface area contributed by atoms with Crippen LogP contribution < -0.4 is 9.47 Å². The number of allylic oxidation sites excluding steroid dienone is 1. The van der Waals surface area contributed by atoms with Crippen molar-refractivity contribution in [3.05, 3.63) is 60.7 Å². The fourth-order valence-electron chi connectivity index (χ4n) is 8.86. The van der Waals surface area contributed by atoms with Crippen molar-refractivity contribution in [1.82, 2.24) is 0 Å². The zero-order chi connectivity index (χ0) is 34.1. The quantitative estimate of drug-likeness (QED) is 0.0904. The molecule has 3 fully saturated rings. The molecular formula is C40H57NO7S. The number of benzene rings is 1. The average molecular weight is 696 g/mol. The number of oxime groups is 1. The lowest BCUT2D eigenvalue weighted by molar-refractivity contribution is -0.223. The molecule has 2 saturated carbocycles. The van der Waals surface area contributed by atoms with Crippen LogP contribution in [0.3, 0.4) is 0 Å². The number of unbranched alkanes of at least 4 members (excludes halogenated alkanes) is 2. The fraction of sp³-hybridized carbons (Fsp3) is 0.675. The molecule has 7 unspecified atom stereocenters. The topological polar surface area (TPSA) is 99.0 Å². The molecule has 1 aromatic carbocycles. The van der Waals surface area contributed by atoms with Crippen molar-refractivity contribution < 1.29 is 34.0 Å². The maximum absolute atomic E-state index is 9.83. The van der Waals surface area contributed by atoms with E-state index in [0.717, 1.165) is 86.1 Å². The Morgan fingerprint density at radius 2 is 1.73 bits per heavy atom. The highest BCUT2D eigenvalue weighted by Crippen LogP contribution is 2.63. The highest BCUT2D eigenvalue weighted by atomic mass is 32.2. The first kappa shape index (κ1) is 36.5. The molecule has 0 bridgehead atoms. The number of nitrogens with zero attached hydrogens (tertiary/aromatic N) is 1. The number of fused-ring (bicyclic) bond motifs is 2. The summed E-state index contributed by atoms with van der Waals surface area (Å²) < 4.78 is 26.4. The van der Waals surface area contributed by atoms with Crippen molar-refractivity contribution in [1.29, 1.82) is 0 Å². The van der Waals surface area contributed by atoms with Gasteiger partial charge >= 0.3 is 0 Å². The second-order valence-electron chi connectivity index (χ2n) is 14.3. The van der Waals surface area contributed by atoms with Crippen molar-refractivity contribution in [3.63, 3.8) is 0 Å². The first-order chi connectivity index (χ1) is 24.1.